The Balaban J connectivity index is 1.59. The summed E-state index contributed by atoms with van der Waals surface area (Å²) in [6.45, 7) is 0.488. The van der Waals surface area contributed by atoms with E-state index in [0.29, 0.717) is 24.0 Å². The van der Waals surface area contributed by atoms with Gasteiger partial charge >= 0.3 is 5.69 Å². The molecule has 0 aliphatic rings. The van der Waals surface area contributed by atoms with Crippen LogP contribution >= 0.6 is 15.9 Å². The van der Waals surface area contributed by atoms with Gasteiger partial charge in [-0.3, -0.25) is 4.57 Å². The summed E-state index contributed by atoms with van der Waals surface area (Å²) in [6, 6.07) is 30.7. The van der Waals surface area contributed by atoms with Crippen molar-refractivity contribution in [3.8, 4) is 17.4 Å². The van der Waals surface area contributed by atoms with Gasteiger partial charge in [0.15, 0.2) is 0 Å². The summed E-state index contributed by atoms with van der Waals surface area (Å²) < 4.78 is 10.2. The molecular weight excluding hydrogens is 454 g/mol. The van der Waals surface area contributed by atoms with E-state index in [4.69, 9.17) is 4.74 Å². The molecule has 0 saturated carbocycles. The zero-order valence-corrected chi connectivity index (χ0v) is 18.1. The van der Waals surface area contributed by atoms with Gasteiger partial charge in [0, 0.05) is 10.5 Å². The number of fused-ring (bicyclic) bond motifs is 1. The fraction of sp³-hybridized carbons (Fsp3) is 0.0400. The maximum Gasteiger partial charge on any atom is 0.335 e. The molecule has 0 aliphatic heterocycles. The van der Waals surface area contributed by atoms with E-state index in [2.05, 4.69) is 20.9 Å². The number of nitrogens with zero attached hydrogens (tertiary/aromatic N) is 3. The topological polar surface area (TPSA) is 49.0 Å². The molecule has 0 saturated heterocycles. The van der Waals surface area contributed by atoms with Gasteiger partial charge in [0.2, 0.25) is 5.88 Å². The molecule has 0 N–H and O–H groups in total. The molecule has 0 bridgehead atoms. The second-order valence-electron chi connectivity index (χ2n) is 7.07. The molecule has 5 rings (SSSR count). The van der Waals surface area contributed by atoms with E-state index in [0.717, 1.165) is 21.1 Å². The predicted molar refractivity (Wildman–Crippen MR) is 125 cm³/mol. The Morgan fingerprint density at radius 3 is 2.35 bits per heavy atom. The zero-order valence-electron chi connectivity index (χ0n) is 16.5. The molecular formula is C25H18BrN3O2. The van der Waals surface area contributed by atoms with Gasteiger partial charge in [-0.2, -0.15) is 4.98 Å². The van der Waals surface area contributed by atoms with Crippen LogP contribution in [0, 0.1) is 0 Å². The van der Waals surface area contributed by atoms with E-state index in [1.54, 1.807) is 15.2 Å². The summed E-state index contributed by atoms with van der Waals surface area (Å²) in [7, 11) is 0. The van der Waals surface area contributed by atoms with Crippen molar-refractivity contribution in [2.75, 3.05) is 0 Å². The van der Waals surface area contributed by atoms with Crippen molar-refractivity contribution in [3.05, 3.63) is 118 Å². The summed E-state index contributed by atoms with van der Waals surface area (Å²) in [5.74, 6) is 1.60. The van der Waals surface area contributed by atoms with Crippen molar-refractivity contribution in [3.63, 3.8) is 0 Å². The third kappa shape index (κ3) is 3.90. The highest BCUT2D eigenvalue weighted by molar-refractivity contribution is 9.10. The van der Waals surface area contributed by atoms with Crippen LogP contribution in [0.3, 0.4) is 0 Å². The Morgan fingerprint density at radius 2 is 1.55 bits per heavy atom. The zero-order chi connectivity index (χ0) is 21.2. The van der Waals surface area contributed by atoms with Crippen molar-refractivity contribution in [2.45, 2.75) is 6.54 Å². The highest BCUT2D eigenvalue weighted by Gasteiger charge is 2.16. The number of para-hydroxylation sites is 2. The number of benzene rings is 3. The van der Waals surface area contributed by atoms with Crippen molar-refractivity contribution in [2.24, 2.45) is 0 Å². The van der Waals surface area contributed by atoms with Crippen LogP contribution in [0.1, 0.15) is 5.56 Å². The number of hydrogen-bond donors (Lipinski definition) is 0. The minimum atomic E-state index is -0.142. The Bertz CT molecular complexity index is 1420. The number of imidazole rings is 1. The van der Waals surface area contributed by atoms with Crippen molar-refractivity contribution < 1.29 is 4.74 Å². The fourth-order valence-electron chi connectivity index (χ4n) is 3.59. The Labute approximate surface area is 187 Å². The summed E-state index contributed by atoms with van der Waals surface area (Å²) in [5, 5.41) is 0. The quantitative estimate of drug-likeness (QED) is 0.325. The van der Waals surface area contributed by atoms with Crippen LogP contribution in [0.15, 0.2) is 106 Å². The maximum absolute atomic E-state index is 13.4. The summed E-state index contributed by atoms with van der Waals surface area (Å²) in [4.78, 5) is 18.1. The van der Waals surface area contributed by atoms with Gasteiger partial charge < -0.3 is 4.74 Å². The molecule has 2 aromatic heterocycles. The highest BCUT2D eigenvalue weighted by atomic mass is 79.9. The molecule has 152 valence electrons. The SMILES string of the molecule is O=c1n(Cc2ccccc2)c2ccccc2n1-c1cccc(Oc2cccc(Br)c2)n1. The van der Waals surface area contributed by atoms with Crippen LogP contribution in [-0.2, 0) is 6.54 Å². The number of rotatable bonds is 5. The lowest BCUT2D eigenvalue weighted by molar-refractivity contribution is 0.461. The van der Waals surface area contributed by atoms with Crippen LogP contribution in [0.2, 0.25) is 0 Å². The molecule has 0 unspecified atom stereocenters. The van der Waals surface area contributed by atoms with Gasteiger partial charge in [-0.1, -0.05) is 70.5 Å². The van der Waals surface area contributed by atoms with E-state index < -0.39 is 0 Å². The molecule has 6 heteroatoms. The van der Waals surface area contributed by atoms with Crippen molar-refractivity contribution in [1.29, 1.82) is 0 Å². The molecule has 0 radical (unpaired) electrons. The molecule has 0 amide bonds. The molecule has 0 fully saturated rings. The number of halogens is 1. The fourth-order valence-corrected chi connectivity index (χ4v) is 3.96. The molecule has 5 nitrogen and oxygen atoms in total. The maximum atomic E-state index is 13.4. The molecule has 0 aliphatic carbocycles. The molecule has 5 aromatic rings. The van der Waals surface area contributed by atoms with E-state index in [-0.39, 0.29) is 5.69 Å². The van der Waals surface area contributed by atoms with Crippen molar-refractivity contribution in [1.82, 2.24) is 14.1 Å². The monoisotopic (exact) mass is 471 g/mol. The lowest BCUT2D eigenvalue weighted by Crippen LogP contribution is -2.24. The van der Waals surface area contributed by atoms with E-state index in [1.165, 1.54) is 0 Å². The van der Waals surface area contributed by atoms with E-state index in [9.17, 15) is 4.79 Å². The molecule has 2 heterocycles. The summed E-state index contributed by atoms with van der Waals surface area (Å²) in [6.07, 6.45) is 0. The number of aromatic nitrogens is 3. The van der Waals surface area contributed by atoms with Crippen LogP contribution in [0.25, 0.3) is 16.9 Å². The minimum Gasteiger partial charge on any atom is -0.439 e. The van der Waals surface area contributed by atoms with Gasteiger partial charge in [-0.05, 0) is 42.0 Å². The van der Waals surface area contributed by atoms with Gasteiger partial charge in [0.1, 0.15) is 11.6 Å². The van der Waals surface area contributed by atoms with Gasteiger partial charge in [-0.15, -0.1) is 0 Å². The largest absolute Gasteiger partial charge is 0.439 e. The van der Waals surface area contributed by atoms with Crippen LogP contribution in [-0.4, -0.2) is 14.1 Å². The Morgan fingerprint density at radius 1 is 0.806 bits per heavy atom. The highest BCUT2D eigenvalue weighted by Crippen LogP contribution is 2.24. The number of hydrogen-bond acceptors (Lipinski definition) is 3. The molecule has 0 spiro atoms. The van der Waals surface area contributed by atoms with Crippen LogP contribution in [0.4, 0.5) is 0 Å². The third-order valence-corrected chi connectivity index (χ3v) is 5.47. The second-order valence-corrected chi connectivity index (χ2v) is 7.99. The number of ether oxygens (including phenoxy) is 1. The predicted octanol–water partition coefficient (Wildman–Crippen LogP) is 5.79. The van der Waals surface area contributed by atoms with E-state index >= 15 is 0 Å². The first-order valence-corrected chi connectivity index (χ1v) is 10.6. The van der Waals surface area contributed by atoms with Gasteiger partial charge in [0.25, 0.3) is 0 Å². The minimum absolute atomic E-state index is 0.142. The smallest absolute Gasteiger partial charge is 0.335 e. The van der Waals surface area contributed by atoms with Crippen LogP contribution in [0.5, 0.6) is 11.6 Å². The average Bonchev–Trinajstić information content (AvgIpc) is 3.06. The molecule has 0 atom stereocenters. The number of pyridine rings is 1. The normalized spacial score (nSPS) is 11.0. The lowest BCUT2D eigenvalue weighted by Gasteiger charge is -2.08. The van der Waals surface area contributed by atoms with Gasteiger partial charge in [-0.25, -0.2) is 9.36 Å². The first-order valence-electron chi connectivity index (χ1n) is 9.84. The van der Waals surface area contributed by atoms with Crippen LogP contribution < -0.4 is 10.4 Å². The third-order valence-electron chi connectivity index (χ3n) is 4.98. The Hall–Kier alpha value is -3.64. The second kappa shape index (κ2) is 8.24. The molecule has 31 heavy (non-hydrogen) atoms. The standard InChI is InChI=1S/C25H18BrN3O2/c26-19-10-6-11-20(16-19)31-24-15-7-14-23(27-24)29-22-13-5-4-12-21(22)28(25(29)30)17-18-8-2-1-3-9-18/h1-16H,17H2. The first kappa shape index (κ1) is 19.3. The molecule has 3 aromatic carbocycles. The van der Waals surface area contributed by atoms with Gasteiger partial charge in [0.05, 0.1) is 17.6 Å². The summed E-state index contributed by atoms with van der Waals surface area (Å²) in [5.41, 5.74) is 2.58. The van der Waals surface area contributed by atoms with E-state index in [1.807, 2.05) is 91.0 Å². The van der Waals surface area contributed by atoms with Crippen molar-refractivity contribution >= 4 is 27.0 Å². The average molecular weight is 472 g/mol. The lowest BCUT2D eigenvalue weighted by atomic mass is 10.2. The first-order chi connectivity index (χ1) is 15.2. The summed E-state index contributed by atoms with van der Waals surface area (Å²) >= 11 is 3.44. The Kier molecular flexibility index (Phi) is 5.14.